The average molecular weight is 607 g/mol. The number of ether oxygens (including phenoxy) is 1. The molecule has 10 heteroatoms. The highest BCUT2D eigenvalue weighted by Gasteiger charge is 2.49. The summed E-state index contributed by atoms with van der Waals surface area (Å²) in [5.74, 6) is -4.86. The zero-order valence-electron chi connectivity index (χ0n) is 21.0. The van der Waals surface area contributed by atoms with Gasteiger partial charge in [-0.25, -0.2) is 22.4 Å². The van der Waals surface area contributed by atoms with E-state index in [1.807, 2.05) is 18.2 Å². The SMILES string of the molecule is O=C(C[N+]12CCC(CC1)[C@@H](OC(=O)N(Cc1cc(F)c(F)c(F)c1)c1cccc(F)c1)C2)c1ccccc1.[Br-]. The van der Waals surface area contributed by atoms with Gasteiger partial charge in [-0.15, -0.1) is 0 Å². The van der Waals surface area contributed by atoms with Gasteiger partial charge >= 0.3 is 6.09 Å². The number of benzene rings is 3. The van der Waals surface area contributed by atoms with Gasteiger partial charge in [-0.05, 0) is 35.9 Å². The number of piperidine rings is 3. The minimum absolute atomic E-state index is 0. The first-order valence-corrected chi connectivity index (χ1v) is 12.5. The molecular formula is C29H27BrF4N2O3. The van der Waals surface area contributed by atoms with Gasteiger partial charge in [-0.3, -0.25) is 9.69 Å². The van der Waals surface area contributed by atoms with Gasteiger partial charge in [0.05, 0.1) is 25.3 Å². The summed E-state index contributed by atoms with van der Waals surface area (Å²) in [6.45, 7) is 2.01. The van der Waals surface area contributed by atoms with E-state index < -0.39 is 35.5 Å². The number of anilines is 1. The monoisotopic (exact) mass is 606 g/mol. The second-order valence-electron chi connectivity index (χ2n) is 10.1. The van der Waals surface area contributed by atoms with Crippen LogP contribution in [-0.2, 0) is 11.3 Å². The van der Waals surface area contributed by atoms with Crippen molar-refractivity contribution in [1.29, 1.82) is 0 Å². The summed E-state index contributed by atoms with van der Waals surface area (Å²) in [6.07, 6.45) is 0.279. The van der Waals surface area contributed by atoms with Crippen LogP contribution in [0.5, 0.6) is 0 Å². The van der Waals surface area contributed by atoms with Crippen molar-refractivity contribution in [3.63, 3.8) is 0 Å². The summed E-state index contributed by atoms with van der Waals surface area (Å²) in [5, 5.41) is 0. The van der Waals surface area contributed by atoms with Crippen molar-refractivity contribution in [1.82, 2.24) is 0 Å². The highest BCUT2D eigenvalue weighted by Crippen LogP contribution is 2.36. The molecule has 0 aromatic heterocycles. The Balaban J connectivity index is 0.00000353. The molecule has 3 fully saturated rings. The van der Waals surface area contributed by atoms with Crippen LogP contribution < -0.4 is 21.9 Å². The van der Waals surface area contributed by atoms with E-state index in [-0.39, 0.29) is 46.5 Å². The lowest BCUT2D eigenvalue weighted by Crippen LogP contribution is -3.00. The number of ketones is 1. The maximum atomic E-state index is 14.0. The fourth-order valence-corrected chi connectivity index (χ4v) is 5.58. The van der Waals surface area contributed by atoms with Gasteiger partial charge in [0.25, 0.3) is 0 Å². The summed E-state index contributed by atoms with van der Waals surface area (Å²) < 4.78 is 61.7. The molecule has 0 aliphatic carbocycles. The van der Waals surface area contributed by atoms with Crippen LogP contribution in [0.2, 0.25) is 0 Å². The van der Waals surface area contributed by atoms with E-state index in [0.717, 1.165) is 49.0 Å². The first-order valence-electron chi connectivity index (χ1n) is 12.5. The fourth-order valence-electron chi connectivity index (χ4n) is 5.58. The van der Waals surface area contributed by atoms with Gasteiger partial charge in [0.1, 0.15) is 18.9 Å². The molecule has 0 N–H and O–H groups in total. The largest absolute Gasteiger partial charge is 1.00 e. The minimum atomic E-state index is -1.61. The van der Waals surface area contributed by atoms with Crippen molar-refractivity contribution in [2.24, 2.45) is 5.92 Å². The summed E-state index contributed by atoms with van der Waals surface area (Å²) in [5.41, 5.74) is 0.746. The van der Waals surface area contributed by atoms with E-state index in [0.29, 0.717) is 23.1 Å². The zero-order valence-corrected chi connectivity index (χ0v) is 22.6. The number of carbonyl (C=O) groups excluding carboxylic acids is 2. The summed E-state index contributed by atoms with van der Waals surface area (Å²) >= 11 is 0. The first kappa shape index (κ1) is 28.8. The van der Waals surface area contributed by atoms with Crippen molar-refractivity contribution in [3.8, 4) is 0 Å². The molecular weight excluding hydrogens is 580 g/mol. The first-order chi connectivity index (χ1) is 18.2. The van der Waals surface area contributed by atoms with Gasteiger partial charge in [-0.1, -0.05) is 36.4 Å². The zero-order chi connectivity index (χ0) is 26.9. The molecule has 2 bridgehead atoms. The predicted molar refractivity (Wildman–Crippen MR) is 132 cm³/mol. The molecule has 1 amide bonds. The molecule has 1 atom stereocenters. The minimum Gasteiger partial charge on any atom is -1.00 e. The Kier molecular flexibility index (Phi) is 8.76. The number of hydrogen-bond acceptors (Lipinski definition) is 3. The Morgan fingerprint density at radius 1 is 0.897 bits per heavy atom. The van der Waals surface area contributed by atoms with E-state index in [4.69, 9.17) is 4.74 Å². The highest BCUT2D eigenvalue weighted by molar-refractivity contribution is 5.97. The van der Waals surface area contributed by atoms with Crippen molar-refractivity contribution < 1.29 is 53.4 Å². The average Bonchev–Trinajstić information content (AvgIpc) is 2.91. The van der Waals surface area contributed by atoms with Crippen LogP contribution in [0.15, 0.2) is 66.7 Å². The summed E-state index contributed by atoms with van der Waals surface area (Å²) in [4.78, 5) is 27.5. The molecule has 0 radical (unpaired) electrons. The van der Waals surface area contributed by atoms with Crippen LogP contribution in [0.4, 0.5) is 28.0 Å². The smallest absolute Gasteiger partial charge is 0.415 e. The Morgan fingerprint density at radius 2 is 1.56 bits per heavy atom. The van der Waals surface area contributed by atoms with Crippen LogP contribution in [-0.4, -0.2) is 48.6 Å². The van der Waals surface area contributed by atoms with Gasteiger partial charge in [0.2, 0.25) is 5.78 Å². The van der Waals surface area contributed by atoms with Crippen molar-refractivity contribution >= 4 is 17.6 Å². The lowest BCUT2D eigenvalue weighted by molar-refractivity contribution is -0.938. The standard InChI is InChI=1S/C29H27F4N2O3.BrH/c30-22-7-4-8-23(15-22)34(16-19-13-24(31)28(33)25(32)14-19)29(37)38-27-18-35(11-9-21(27)10-12-35)17-26(36)20-5-2-1-3-6-20;/h1-8,13-15,21,27H,9-12,16-18H2;1H/q+1;/p-1/t21?,27-,35?;/m0./s1. The van der Waals surface area contributed by atoms with Gasteiger partial charge in [0.15, 0.2) is 23.6 Å². The number of halogens is 5. The Bertz CT molecular complexity index is 1330. The number of quaternary nitrogens is 1. The molecule has 0 spiro atoms. The molecule has 6 rings (SSSR count). The fraction of sp³-hybridized carbons (Fsp3) is 0.310. The molecule has 3 aliphatic rings. The summed E-state index contributed by atoms with van der Waals surface area (Å²) in [7, 11) is 0. The Hall–Kier alpha value is -3.24. The van der Waals surface area contributed by atoms with Crippen molar-refractivity contribution in [2.45, 2.75) is 25.5 Å². The molecule has 3 heterocycles. The lowest BCUT2D eigenvalue weighted by atomic mass is 9.83. The Labute approximate surface area is 234 Å². The number of rotatable bonds is 7. The third-order valence-corrected chi connectivity index (χ3v) is 7.59. The van der Waals surface area contributed by atoms with Crippen LogP contribution in [0, 0.1) is 29.2 Å². The molecule has 206 valence electrons. The van der Waals surface area contributed by atoms with E-state index >= 15 is 0 Å². The van der Waals surface area contributed by atoms with E-state index in [1.165, 1.54) is 18.2 Å². The molecule has 3 aromatic carbocycles. The molecule has 39 heavy (non-hydrogen) atoms. The quantitative estimate of drug-likeness (QED) is 0.180. The van der Waals surface area contributed by atoms with Crippen LogP contribution in [0.25, 0.3) is 0 Å². The van der Waals surface area contributed by atoms with E-state index in [1.54, 1.807) is 12.1 Å². The van der Waals surface area contributed by atoms with Crippen LogP contribution >= 0.6 is 0 Å². The highest BCUT2D eigenvalue weighted by atomic mass is 79.9. The van der Waals surface area contributed by atoms with Crippen LogP contribution in [0.3, 0.4) is 0 Å². The van der Waals surface area contributed by atoms with Crippen molar-refractivity contribution in [2.75, 3.05) is 31.1 Å². The number of nitrogens with zero attached hydrogens (tertiary/aromatic N) is 2. The molecule has 3 saturated heterocycles. The number of fused-ring (bicyclic) bond motifs is 3. The van der Waals surface area contributed by atoms with Crippen molar-refractivity contribution in [3.05, 3.63) is 101 Å². The third kappa shape index (κ3) is 6.33. The molecule has 5 nitrogen and oxygen atoms in total. The predicted octanol–water partition coefficient (Wildman–Crippen LogP) is 2.88. The topological polar surface area (TPSA) is 46.6 Å². The normalized spacial score (nSPS) is 21.6. The second-order valence-corrected chi connectivity index (χ2v) is 10.1. The Morgan fingerprint density at radius 3 is 2.21 bits per heavy atom. The van der Waals surface area contributed by atoms with E-state index in [9.17, 15) is 27.2 Å². The lowest BCUT2D eigenvalue weighted by Gasteiger charge is -2.51. The molecule has 0 saturated carbocycles. The number of Topliss-reactive ketones (excluding diaryl/α,β-unsaturated/α-hetero) is 1. The molecule has 3 aromatic rings. The number of carbonyl (C=O) groups is 2. The van der Waals surface area contributed by atoms with Crippen LogP contribution in [0.1, 0.15) is 28.8 Å². The molecule has 3 aliphatic heterocycles. The van der Waals surface area contributed by atoms with Gasteiger partial charge < -0.3 is 26.2 Å². The second kappa shape index (κ2) is 11.9. The maximum absolute atomic E-state index is 14.0. The molecule has 0 unspecified atom stereocenters. The third-order valence-electron chi connectivity index (χ3n) is 7.59. The maximum Gasteiger partial charge on any atom is 0.415 e. The number of hydrogen-bond donors (Lipinski definition) is 0. The summed E-state index contributed by atoms with van der Waals surface area (Å²) in [6, 6.07) is 15.8. The number of amides is 1. The van der Waals surface area contributed by atoms with Gasteiger partial charge in [0, 0.05) is 24.3 Å². The van der Waals surface area contributed by atoms with Gasteiger partial charge in [-0.2, -0.15) is 0 Å². The van der Waals surface area contributed by atoms with E-state index in [2.05, 4.69) is 0 Å².